The maximum Gasteiger partial charge on any atom is 0.197 e. The molecule has 0 atom stereocenters. The number of aromatic hydroxyl groups is 1. The van der Waals surface area contributed by atoms with Crippen LogP contribution < -0.4 is 4.90 Å². The topological polar surface area (TPSA) is 56.9 Å². The molecule has 0 saturated heterocycles. The van der Waals surface area contributed by atoms with Crippen LogP contribution in [0, 0.1) is 13.8 Å². The molecule has 1 aromatic carbocycles. The van der Waals surface area contributed by atoms with Crippen LogP contribution in [0.25, 0.3) is 11.0 Å². The van der Waals surface area contributed by atoms with Gasteiger partial charge in [0.05, 0.1) is 11.1 Å². The molecule has 0 aliphatic rings. The molecule has 1 heterocycles. The van der Waals surface area contributed by atoms with Crippen LogP contribution in [-0.2, 0) is 6.54 Å². The normalized spacial score (nSPS) is 11.5. The van der Waals surface area contributed by atoms with Crippen molar-refractivity contribution >= 4 is 22.4 Å². The Morgan fingerprint density at radius 3 is 2.18 bits per heavy atom. The van der Waals surface area contributed by atoms with Crippen molar-refractivity contribution in [3.8, 4) is 5.75 Å². The van der Waals surface area contributed by atoms with Crippen molar-refractivity contribution in [2.24, 2.45) is 0 Å². The Morgan fingerprint density at radius 2 is 1.73 bits per heavy atom. The summed E-state index contributed by atoms with van der Waals surface area (Å²) in [7, 11) is 7.74. The summed E-state index contributed by atoms with van der Waals surface area (Å²) in [5.74, 6) is 0.260. The van der Waals surface area contributed by atoms with Gasteiger partial charge in [-0.25, -0.2) is 0 Å². The van der Waals surface area contributed by atoms with Crippen LogP contribution in [0.15, 0.2) is 4.42 Å². The highest BCUT2D eigenvalue weighted by Crippen LogP contribution is 2.43. The monoisotopic (exact) mass is 304 g/mol. The molecule has 0 spiro atoms. The standard InChI is InChI=1S/C17H24N2O3/c1-9-10(2)15(21)17-13(12(9)8-18(4)5)14(19(6)7)16(22-17)11(3)20/h21H,8H2,1-7H3. The van der Waals surface area contributed by atoms with E-state index in [4.69, 9.17) is 4.42 Å². The molecule has 2 aromatic rings. The van der Waals surface area contributed by atoms with Crippen LogP contribution >= 0.6 is 0 Å². The van der Waals surface area contributed by atoms with E-state index < -0.39 is 0 Å². The Balaban J connectivity index is 3.00. The molecule has 1 aromatic heterocycles. The van der Waals surface area contributed by atoms with Crippen LogP contribution in [0.3, 0.4) is 0 Å². The Bertz CT molecular complexity index is 742. The van der Waals surface area contributed by atoms with Gasteiger partial charge in [0.1, 0.15) is 0 Å². The fourth-order valence-corrected chi connectivity index (χ4v) is 2.81. The van der Waals surface area contributed by atoms with Gasteiger partial charge in [-0.2, -0.15) is 0 Å². The smallest absolute Gasteiger partial charge is 0.197 e. The van der Waals surface area contributed by atoms with Gasteiger partial charge in [0, 0.05) is 27.6 Å². The summed E-state index contributed by atoms with van der Waals surface area (Å²) in [5, 5.41) is 11.3. The Labute approximate surface area is 131 Å². The number of Topliss-reactive ketones (excluding diaryl/α,β-unsaturated/α-hetero) is 1. The molecule has 0 aliphatic heterocycles. The van der Waals surface area contributed by atoms with E-state index in [-0.39, 0.29) is 11.5 Å². The quantitative estimate of drug-likeness (QED) is 0.880. The highest BCUT2D eigenvalue weighted by Gasteiger charge is 2.26. The Morgan fingerprint density at radius 1 is 1.14 bits per heavy atom. The Hall–Kier alpha value is -2.01. The van der Waals surface area contributed by atoms with Crippen molar-refractivity contribution in [3.63, 3.8) is 0 Å². The minimum atomic E-state index is -0.148. The van der Waals surface area contributed by atoms with Gasteiger partial charge in [-0.3, -0.25) is 4.79 Å². The lowest BCUT2D eigenvalue weighted by Gasteiger charge is -2.19. The number of phenolic OH excluding ortho intramolecular Hbond substituents is 1. The van der Waals surface area contributed by atoms with Gasteiger partial charge in [-0.05, 0) is 44.6 Å². The van der Waals surface area contributed by atoms with Crippen LogP contribution in [-0.4, -0.2) is 44.0 Å². The summed E-state index contributed by atoms with van der Waals surface area (Å²) in [4.78, 5) is 15.9. The average Bonchev–Trinajstić information content (AvgIpc) is 2.81. The number of ketones is 1. The number of anilines is 1. The second-order valence-corrected chi connectivity index (χ2v) is 6.25. The van der Waals surface area contributed by atoms with Gasteiger partial charge in [0.25, 0.3) is 0 Å². The molecule has 0 unspecified atom stereocenters. The molecule has 0 saturated carbocycles. The summed E-state index contributed by atoms with van der Waals surface area (Å²) in [5.41, 5.74) is 4.03. The number of fused-ring (bicyclic) bond motifs is 1. The second kappa shape index (κ2) is 5.65. The van der Waals surface area contributed by atoms with Crippen molar-refractivity contribution in [2.45, 2.75) is 27.3 Å². The van der Waals surface area contributed by atoms with Gasteiger partial charge in [-0.1, -0.05) is 0 Å². The van der Waals surface area contributed by atoms with Crippen molar-refractivity contribution in [2.75, 3.05) is 33.1 Å². The number of carbonyl (C=O) groups excluding carboxylic acids is 1. The molecule has 0 aliphatic carbocycles. The number of phenols is 1. The first-order chi connectivity index (χ1) is 10.2. The second-order valence-electron chi connectivity index (χ2n) is 6.25. The third kappa shape index (κ3) is 2.46. The number of rotatable bonds is 4. The van der Waals surface area contributed by atoms with Crippen LogP contribution in [0.2, 0.25) is 0 Å². The van der Waals surface area contributed by atoms with Gasteiger partial charge in [0.2, 0.25) is 0 Å². The first-order valence-corrected chi connectivity index (χ1v) is 7.27. The van der Waals surface area contributed by atoms with Gasteiger partial charge >= 0.3 is 0 Å². The molecule has 22 heavy (non-hydrogen) atoms. The van der Waals surface area contributed by atoms with Gasteiger partial charge in [0.15, 0.2) is 22.9 Å². The van der Waals surface area contributed by atoms with E-state index in [9.17, 15) is 9.90 Å². The van der Waals surface area contributed by atoms with E-state index in [1.807, 2.05) is 46.9 Å². The van der Waals surface area contributed by atoms with E-state index in [1.54, 1.807) is 0 Å². The number of hydrogen-bond acceptors (Lipinski definition) is 5. The molecule has 5 heteroatoms. The largest absolute Gasteiger partial charge is 0.504 e. The third-order valence-corrected chi connectivity index (χ3v) is 4.01. The summed E-state index contributed by atoms with van der Waals surface area (Å²) < 4.78 is 5.75. The number of carbonyl (C=O) groups is 1. The van der Waals surface area contributed by atoms with E-state index in [1.165, 1.54) is 6.92 Å². The lowest BCUT2D eigenvalue weighted by molar-refractivity contribution is 0.0990. The lowest BCUT2D eigenvalue weighted by Crippen LogP contribution is -2.15. The molecule has 2 rings (SSSR count). The van der Waals surface area contributed by atoms with Crippen molar-refractivity contribution in [3.05, 3.63) is 22.5 Å². The van der Waals surface area contributed by atoms with Crippen LogP contribution in [0.5, 0.6) is 5.75 Å². The highest BCUT2D eigenvalue weighted by molar-refractivity contribution is 6.09. The van der Waals surface area contributed by atoms with Crippen LogP contribution in [0.1, 0.15) is 34.2 Å². The molecule has 0 fully saturated rings. The van der Waals surface area contributed by atoms with Crippen molar-refractivity contribution in [1.82, 2.24) is 4.90 Å². The zero-order valence-corrected chi connectivity index (χ0v) is 14.4. The zero-order chi connectivity index (χ0) is 16.8. The highest BCUT2D eigenvalue weighted by atomic mass is 16.4. The predicted molar refractivity (Wildman–Crippen MR) is 89.1 cm³/mol. The number of nitrogens with zero attached hydrogens (tertiary/aromatic N) is 2. The maximum atomic E-state index is 11.9. The van der Waals surface area contributed by atoms with E-state index >= 15 is 0 Å². The molecule has 0 radical (unpaired) electrons. The van der Waals surface area contributed by atoms with Crippen molar-refractivity contribution < 1.29 is 14.3 Å². The predicted octanol–water partition coefficient (Wildman–Crippen LogP) is 3.09. The van der Waals surface area contributed by atoms with Crippen molar-refractivity contribution in [1.29, 1.82) is 0 Å². The fourth-order valence-electron chi connectivity index (χ4n) is 2.81. The van der Waals surface area contributed by atoms with E-state index in [2.05, 4.69) is 4.90 Å². The molecular weight excluding hydrogens is 280 g/mol. The molecular formula is C17H24N2O3. The first-order valence-electron chi connectivity index (χ1n) is 7.27. The number of hydrogen-bond donors (Lipinski definition) is 1. The fraction of sp³-hybridized carbons (Fsp3) is 0.471. The molecule has 0 amide bonds. The molecule has 0 bridgehead atoms. The lowest BCUT2D eigenvalue weighted by atomic mass is 9.96. The summed E-state index contributed by atoms with van der Waals surface area (Å²) in [6.07, 6.45) is 0. The third-order valence-electron chi connectivity index (χ3n) is 4.01. The molecule has 1 N–H and O–H groups in total. The minimum absolute atomic E-state index is 0.116. The van der Waals surface area contributed by atoms with E-state index in [0.29, 0.717) is 17.9 Å². The van der Waals surface area contributed by atoms with Crippen LogP contribution in [0.4, 0.5) is 5.69 Å². The maximum absolute atomic E-state index is 11.9. The number of benzene rings is 1. The SMILES string of the molecule is CC(=O)c1oc2c(O)c(C)c(C)c(CN(C)C)c2c1N(C)C. The zero-order valence-electron chi connectivity index (χ0n) is 14.4. The molecule has 5 nitrogen and oxygen atoms in total. The molecule has 120 valence electrons. The average molecular weight is 304 g/mol. The summed E-state index contributed by atoms with van der Waals surface area (Å²) >= 11 is 0. The minimum Gasteiger partial charge on any atom is -0.504 e. The van der Waals surface area contributed by atoms with Gasteiger partial charge in [-0.15, -0.1) is 0 Å². The van der Waals surface area contributed by atoms with E-state index in [0.717, 1.165) is 27.8 Å². The number of furan rings is 1. The Kier molecular flexibility index (Phi) is 4.20. The summed E-state index contributed by atoms with van der Waals surface area (Å²) in [6.45, 7) is 6.05. The first kappa shape index (κ1) is 16.4. The summed E-state index contributed by atoms with van der Waals surface area (Å²) in [6, 6.07) is 0. The van der Waals surface area contributed by atoms with Gasteiger partial charge < -0.3 is 19.3 Å².